The lowest BCUT2D eigenvalue weighted by atomic mass is 10.1. The van der Waals surface area contributed by atoms with Gasteiger partial charge < -0.3 is 19.7 Å². The summed E-state index contributed by atoms with van der Waals surface area (Å²) >= 11 is 6.41. The quantitative estimate of drug-likeness (QED) is 0.417. The summed E-state index contributed by atoms with van der Waals surface area (Å²) in [7, 11) is -1.06. The predicted octanol–water partition coefficient (Wildman–Crippen LogP) is 3.99. The third-order valence-corrected chi connectivity index (χ3v) is 8.22. The van der Waals surface area contributed by atoms with Crippen molar-refractivity contribution in [3.63, 3.8) is 0 Å². The molecule has 1 fully saturated rings. The molecule has 9 nitrogen and oxygen atoms in total. The topological polar surface area (TPSA) is 105 Å². The molecule has 1 aliphatic carbocycles. The van der Waals surface area contributed by atoms with Gasteiger partial charge in [-0.15, -0.1) is 0 Å². The smallest absolute Gasteiger partial charge is 0.244 e. The number of halogens is 1. The number of sulfonamides is 1. The molecule has 2 aromatic rings. The van der Waals surface area contributed by atoms with Gasteiger partial charge in [0.15, 0.2) is 0 Å². The second-order valence-corrected chi connectivity index (χ2v) is 11.6. The van der Waals surface area contributed by atoms with E-state index in [2.05, 4.69) is 5.32 Å². The number of methoxy groups -OCH3 is 2. The Labute approximate surface area is 230 Å². The third-order valence-electron chi connectivity index (χ3n) is 6.72. The van der Waals surface area contributed by atoms with Crippen molar-refractivity contribution >= 4 is 39.1 Å². The van der Waals surface area contributed by atoms with E-state index in [1.54, 1.807) is 36.4 Å². The summed E-state index contributed by atoms with van der Waals surface area (Å²) in [5, 5.41) is 3.53. The van der Waals surface area contributed by atoms with Gasteiger partial charge in [-0.25, -0.2) is 8.42 Å². The number of anilines is 1. The maximum Gasteiger partial charge on any atom is 0.244 e. The molecule has 0 aromatic heterocycles. The number of amides is 2. The number of carbonyl (C=O) groups is 2. The minimum atomic E-state index is -3.93. The summed E-state index contributed by atoms with van der Waals surface area (Å²) in [6, 6.07) is 11.0. The minimum absolute atomic E-state index is 0.0436. The molecule has 208 valence electrons. The summed E-state index contributed by atoms with van der Waals surface area (Å²) in [5.74, 6) is -0.150. The first-order valence-corrected chi connectivity index (χ1v) is 14.8. The number of ether oxygens (including phenoxy) is 2. The fourth-order valence-electron chi connectivity index (χ4n) is 4.68. The zero-order chi connectivity index (χ0) is 27.9. The minimum Gasteiger partial charge on any atom is -0.497 e. The maximum atomic E-state index is 13.9. The summed E-state index contributed by atoms with van der Waals surface area (Å²) in [4.78, 5) is 28.7. The second kappa shape index (κ2) is 13.2. The van der Waals surface area contributed by atoms with Crippen LogP contribution in [0, 0.1) is 0 Å². The van der Waals surface area contributed by atoms with Gasteiger partial charge in [-0.1, -0.05) is 49.6 Å². The standard InChI is InChI=1S/C27H36ClN3O6S/c1-5-23(27(33)29-20-11-7-8-12-20)30(17-19-10-6-9-13-22(19)28)26(32)18-31(38(4,34)35)24-16-21(36-2)14-15-25(24)37-3/h6,9-10,13-16,20,23H,5,7-8,11-12,17-18H2,1-4H3,(H,29,33). The molecule has 0 spiro atoms. The van der Waals surface area contributed by atoms with Gasteiger partial charge >= 0.3 is 0 Å². The van der Waals surface area contributed by atoms with Crippen LogP contribution in [-0.4, -0.2) is 64.2 Å². The Morgan fingerprint density at radius 2 is 1.79 bits per heavy atom. The van der Waals surface area contributed by atoms with Gasteiger partial charge in [0.1, 0.15) is 24.1 Å². The van der Waals surface area contributed by atoms with Crippen molar-refractivity contribution in [2.24, 2.45) is 0 Å². The fraction of sp³-hybridized carbons (Fsp3) is 0.481. The highest BCUT2D eigenvalue weighted by atomic mass is 35.5. The van der Waals surface area contributed by atoms with Crippen LogP contribution in [-0.2, 0) is 26.2 Å². The van der Waals surface area contributed by atoms with Crippen LogP contribution in [0.25, 0.3) is 0 Å². The van der Waals surface area contributed by atoms with Crippen molar-refractivity contribution in [3.05, 3.63) is 53.1 Å². The normalized spacial score (nSPS) is 14.6. The zero-order valence-corrected chi connectivity index (χ0v) is 23.8. The van der Waals surface area contributed by atoms with Crippen LogP contribution < -0.4 is 19.1 Å². The van der Waals surface area contributed by atoms with E-state index in [1.165, 1.54) is 25.2 Å². The molecule has 1 unspecified atom stereocenters. The van der Waals surface area contributed by atoms with Crippen LogP contribution in [0.5, 0.6) is 11.5 Å². The number of hydrogen-bond donors (Lipinski definition) is 1. The molecule has 0 heterocycles. The number of carbonyl (C=O) groups excluding carboxylic acids is 2. The van der Waals surface area contributed by atoms with Crippen LogP contribution in [0.4, 0.5) is 5.69 Å². The van der Waals surface area contributed by atoms with Crippen LogP contribution in [0.2, 0.25) is 5.02 Å². The van der Waals surface area contributed by atoms with Gasteiger partial charge in [0.05, 0.1) is 26.2 Å². The average Bonchev–Trinajstić information content (AvgIpc) is 3.40. The molecule has 1 saturated carbocycles. The SMILES string of the molecule is CCC(C(=O)NC1CCCC1)N(Cc1ccccc1Cl)C(=O)CN(c1cc(OC)ccc1OC)S(C)(=O)=O. The van der Waals surface area contributed by atoms with Crippen molar-refractivity contribution in [2.75, 3.05) is 31.3 Å². The van der Waals surface area contributed by atoms with E-state index in [0.717, 1.165) is 36.2 Å². The Morgan fingerprint density at radius 3 is 2.37 bits per heavy atom. The molecule has 2 amide bonds. The highest BCUT2D eigenvalue weighted by Gasteiger charge is 2.34. The molecule has 1 atom stereocenters. The van der Waals surface area contributed by atoms with Crippen LogP contribution >= 0.6 is 11.6 Å². The van der Waals surface area contributed by atoms with E-state index in [-0.39, 0.29) is 29.9 Å². The van der Waals surface area contributed by atoms with Crippen molar-refractivity contribution in [1.82, 2.24) is 10.2 Å². The number of benzene rings is 2. The van der Waals surface area contributed by atoms with Crippen LogP contribution in [0.3, 0.4) is 0 Å². The Kier molecular flexibility index (Phi) is 10.3. The molecule has 0 radical (unpaired) electrons. The summed E-state index contributed by atoms with van der Waals surface area (Å²) in [6.45, 7) is 1.33. The largest absolute Gasteiger partial charge is 0.497 e. The number of nitrogens with one attached hydrogen (secondary N) is 1. The molecule has 0 saturated heterocycles. The lowest BCUT2D eigenvalue weighted by Crippen LogP contribution is -2.53. The van der Waals surface area contributed by atoms with E-state index >= 15 is 0 Å². The van der Waals surface area contributed by atoms with E-state index in [0.29, 0.717) is 22.8 Å². The maximum absolute atomic E-state index is 13.9. The first kappa shape index (κ1) is 29.6. The molecular formula is C27H36ClN3O6S. The third kappa shape index (κ3) is 7.32. The molecule has 1 N–H and O–H groups in total. The van der Waals surface area contributed by atoms with Crippen molar-refractivity contribution in [1.29, 1.82) is 0 Å². The monoisotopic (exact) mass is 565 g/mol. The Balaban J connectivity index is 1.99. The molecule has 38 heavy (non-hydrogen) atoms. The fourth-order valence-corrected chi connectivity index (χ4v) is 5.72. The van der Waals surface area contributed by atoms with Gasteiger partial charge in [0.2, 0.25) is 21.8 Å². The molecule has 0 aliphatic heterocycles. The van der Waals surface area contributed by atoms with Crippen LogP contribution in [0.1, 0.15) is 44.6 Å². The van der Waals surface area contributed by atoms with Gasteiger partial charge in [0, 0.05) is 23.7 Å². The molecule has 1 aliphatic rings. The molecule has 3 rings (SSSR count). The van der Waals surface area contributed by atoms with Gasteiger partial charge in [-0.05, 0) is 43.0 Å². The summed E-state index contributed by atoms with van der Waals surface area (Å²) in [5.41, 5.74) is 0.809. The van der Waals surface area contributed by atoms with Crippen molar-refractivity contribution < 1.29 is 27.5 Å². The number of hydrogen-bond acceptors (Lipinski definition) is 6. The lowest BCUT2D eigenvalue weighted by Gasteiger charge is -2.33. The lowest BCUT2D eigenvalue weighted by molar-refractivity contribution is -0.140. The summed E-state index contributed by atoms with van der Waals surface area (Å²) in [6.07, 6.45) is 5.26. The summed E-state index contributed by atoms with van der Waals surface area (Å²) < 4.78 is 37.5. The van der Waals surface area contributed by atoms with E-state index < -0.39 is 28.5 Å². The Bertz CT molecular complexity index is 1230. The zero-order valence-electron chi connectivity index (χ0n) is 22.3. The van der Waals surface area contributed by atoms with E-state index in [9.17, 15) is 18.0 Å². The Hall–Kier alpha value is -2.98. The number of nitrogens with zero attached hydrogens (tertiary/aromatic N) is 2. The highest BCUT2D eigenvalue weighted by molar-refractivity contribution is 7.92. The second-order valence-electron chi connectivity index (χ2n) is 9.33. The van der Waals surface area contributed by atoms with Crippen molar-refractivity contribution in [2.45, 2.75) is 57.7 Å². The molecular weight excluding hydrogens is 530 g/mol. The molecule has 0 bridgehead atoms. The van der Waals surface area contributed by atoms with Crippen molar-refractivity contribution in [3.8, 4) is 11.5 Å². The van der Waals surface area contributed by atoms with Gasteiger partial charge in [-0.2, -0.15) is 0 Å². The first-order valence-electron chi connectivity index (χ1n) is 12.6. The highest BCUT2D eigenvalue weighted by Crippen LogP contribution is 2.34. The number of rotatable bonds is 12. The van der Waals surface area contributed by atoms with E-state index in [1.807, 2.05) is 6.92 Å². The van der Waals surface area contributed by atoms with E-state index in [4.69, 9.17) is 21.1 Å². The Morgan fingerprint density at radius 1 is 1.11 bits per heavy atom. The van der Waals surface area contributed by atoms with Crippen LogP contribution in [0.15, 0.2) is 42.5 Å². The average molecular weight is 566 g/mol. The predicted molar refractivity (Wildman–Crippen MR) is 148 cm³/mol. The van der Waals surface area contributed by atoms with Gasteiger partial charge in [0.25, 0.3) is 0 Å². The van der Waals surface area contributed by atoms with Gasteiger partial charge in [-0.3, -0.25) is 13.9 Å². The first-order chi connectivity index (χ1) is 18.1. The molecule has 11 heteroatoms. The molecule has 2 aromatic carbocycles.